The Morgan fingerprint density at radius 1 is 1.75 bits per heavy atom. The molecule has 0 radical (unpaired) electrons. The van der Waals surface area contributed by atoms with E-state index in [0.717, 1.165) is 12.8 Å². The van der Waals surface area contributed by atoms with E-state index >= 15 is 0 Å². The highest BCUT2D eigenvalue weighted by Gasteiger charge is 1.97. The first kappa shape index (κ1) is 7.63. The van der Waals surface area contributed by atoms with Crippen molar-refractivity contribution in [1.29, 1.82) is 0 Å². The van der Waals surface area contributed by atoms with Crippen LogP contribution in [0.2, 0.25) is 0 Å². The molecule has 48 valence electrons. The molecule has 0 bridgehead atoms. The topological polar surface area (TPSA) is 37.3 Å². The van der Waals surface area contributed by atoms with Crippen LogP contribution in [0.15, 0.2) is 0 Å². The Bertz CT molecular complexity index is 61.5. The van der Waals surface area contributed by atoms with Crippen LogP contribution in [0.5, 0.6) is 0 Å². The van der Waals surface area contributed by atoms with Crippen molar-refractivity contribution in [2.45, 2.75) is 32.3 Å². The molecular formula is C6H12O2. The molecule has 1 atom stereocenters. The number of aldehydes is 1. The summed E-state index contributed by atoms with van der Waals surface area (Å²) in [6.07, 6.45) is 2.43. The van der Waals surface area contributed by atoms with Gasteiger partial charge in [0.2, 0.25) is 0 Å². The van der Waals surface area contributed by atoms with Crippen molar-refractivity contribution in [2.24, 2.45) is 0 Å². The standard InChI is InChI=1S/C6H12O2/c1-2-3-4-6(8)5-7/h5-6,8H,2-4H2,1H3/t6-/m0/s1. The molecule has 0 rings (SSSR count). The van der Waals surface area contributed by atoms with Gasteiger partial charge < -0.3 is 9.90 Å². The predicted octanol–water partition coefficient (Wildman–Crippen LogP) is 0.736. The quantitative estimate of drug-likeness (QED) is 0.550. The zero-order chi connectivity index (χ0) is 6.41. The molecule has 2 heteroatoms. The van der Waals surface area contributed by atoms with E-state index in [4.69, 9.17) is 5.11 Å². The molecule has 0 aliphatic rings. The van der Waals surface area contributed by atoms with E-state index in [1.165, 1.54) is 0 Å². The van der Waals surface area contributed by atoms with Gasteiger partial charge in [-0.25, -0.2) is 0 Å². The van der Waals surface area contributed by atoms with Gasteiger partial charge in [0.05, 0.1) is 0 Å². The Morgan fingerprint density at radius 2 is 2.38 bits per heavy atom. The van der Waals surface area contributed by atoms with Gasteiger partial charge in [-0.05, 0) is 6.42 Å². The van der Waals surface area contributed by atoms with Gasteiger partial charge in [0.1, 0.15) is 12.4 Å². The summed E-state index contributed by atoms with van der Waals surface area (Å²) >= 11 is 0. The lowest BCUT2D eigenvalue weighted by atomic mass is 10.2. The molecule has 8 heavy (non-hydrogen) atoms. The van der Waals surface area contributed by atoms with Crippen LogP contribution in [0.1, 0.15) is 26.2 Å². The van der Waals surface area contributed by atoms with Gasteiger partial charge in [0, 0.05) is 0 Å². The lowest BCUT2D eigenvalue weighted by Gasteiger charge is -1.97. The summed E-state index contributed by atoms with van der Waals surface area (Å²) in [5.74, 6) is 0. The first-order chi connectivity index (χ1) is 3.81. The molecule has 0 saturated carbocycles. The largest absolute Gasteiger partial charge is 0.386 e. The van der Waals surface area contributed by atoms with Gasteiger partial charge >= 0.3 is 0 Å². The van der Waals surface area contributed by atoms with Crippen molar-refractivity contribution in [1.82, 2.24) is 0 Å². The summed E-state index contributed by atoms with van der Waals surface area (Å²) in [7, 11) is 0. The van der Waals surface area contributed by atoms with Crippen LogP contribution in [0.25, 0.3) is 0 Å². The summed E-state index contributed by atoms with van der Waals surface area (Å²) in [6.45, 7) is 2.03. The first-order valence-corrected chi connectivity index (χ1v) is 2.94. The van der Waals surface area contributed by atoms with E-state index in [0.29, 0.717) is 12.7 Å². The van der Waals surface area contributed by atoms with E-state index in [2.05, 4.69) is 0 Å². The number of hydrogen-bond donors (Lipinski definition) is 1. The fraction of sp³-hybridized carbons (Fsp3) is 0.833. The fourth-order valence-electron chi connectivity index (χ4n) is 0.481. The van der Waals surface area contributed by atoms with E-state index in [9.17, 15) is 4.79 Å². The molecule has 0 saturated heterocycles. The highest BCUT2D eigenvalue weighted by Crippen LogP contribution is 1.96. The molecule has 0 aromatic rings. The molecule has 0 aliphatic heterocycles. The maximum atomic E-state index is 9.76. The van der Waals surface area contributed by atoms with E-state index in [1.54, 1.807) is 0 Å². The molecule has 0 aromatic heterocycles. The minimum Gasteiger partial charge on any atom is -0.386 e. The van der Waals surface area contributed by atoms with Crippen LogP contribution in [-0.4, -0.2) is 17.5 Å². The molecule has 0 heterocycles. The highest BCUT2D eigenvalue weighted by atomic mass is 16.3. The van der Waals surface area contributed by atoms with Gasteiger partial charge in [0.15, 0.2) is 0 Å². The minimum atomic E-state index is -0.727. The van der Waals surface area contributed by atoms with Gasteiger partial charge in [-0.2, -0.15) is 0 Å². The summed E-state index contributed by atoms with van der Waals surface area (Å²) in [6, 6.07) is 0. The monoisotopic (exact) mass is 116 g/mol. The van der Waals surface area contributed by atoms with E-state index < -0.39 is 6.10 Å². The zero-order valence-electron chi connectivity index (χ0n) is 5.13. The van der Waals surface area contributed by atoms with Crippen LogP contribution < -0.4 is 0 Å². The van der Waals surface area contributed by atoms with E-state index in [-0.39, 0.29) is 0 Å². The minimum absolute atomic E-state index is 0.579. The fourth-order valence-corrected chi connectivity index (χ4v) is 0.481. The van der Waals surface area contributed by atoms with Crippen molar-refractivity contribution >= 4 is 6.29 Å². The molecule has 0 aliphatic carbocycles. The highest BCUT2D eigenvalue weighted by molar-refractivity contribution is 5.55. The number of aliphatic hydroxyl groups excluding tert-OH is 1. The van der Waals surface area contributed by atoms with Gasteiger partial charge in [-0.3, -0.25) is 0 Å². The molecule has 0 unspecified atom stereocenters. The van der Waals surface area contributed by atoms with Crippen LogP contribution in [0.4, 0.5) is 0 Å². The van der Waals surface area contributed by atoms with Crippen LogP contribution in [0.3, 0.4) is 0 Å². The number of aliphatic hydroxyl groups is 1. The van der Waals surface area contributed by atoms with Crippen molar-refractivity contribution in [3.63, 3.8) is 0 Å². The Labute approximate surface area is 49.5 Å². The Hall–Kier alpha value is -0.370. The van der Waals surface area contributed by atoms with Crippen LogP contribution in [-0.2, 0) is 4.79 Å². The molecule has 0 aromatic carbocycles. The van der Waals surface area contributed by atoms with Gasteiger partial charge in [-0.1, -0.05) is 19.8 Å². The lowest BCUT2D eigenvalue weighted by molar-refractivity contribution is -0.115. The van der Waals surface area contributed by atoms with Crippen molar-refractivity contribution < 1.29 is 9.90 Å². The second-order valence-corrected chi connectivity index (χ2v) is 1.85. The Kier molecular flexibility index (Phi) is 4.56. The van der Waals surface area contributed by atoms with Gasteiger partial charge in [0.25, 0.3) is 0 Å². The SMILES string of the molecule is CCCC[C@H](O)C=O. The van der Waals surface area contributed by atoms with Crippen molar-refractivity contribution in [2.75, 3.05) is 0 Å². The second kappa shape index (κ2) is 4.78. The average Bonchev–Trinajstić information content (AvgIpc) is 1.83. The molecule has 0 fully saturated rings. The molecule has 1 N–H and O–H groups in total. The zero-order valence-corrected chi connectivity index (χ0v) is 5.13. The van der Waals surface area contributed by atoms with Gasteiger partial charge in [-0.15, -0.1) is 0 Å². The number of rotatable bonds is 4. The maximum Gasteiger partial charge on any atom is 0.148 e. The number of carbonyl (C=O) groups is 1. The van der Waals surface area contributed by atoms with Crippen LogP contribution >= 0.6 is 0 Å². The van der Waals surface area contributed by atoms with Crippen molar-refractivity contribution in [3.8, 4) is 0 Å². The lowest BCUT2D eigenvalue weighted by Crippen LogP contribution is -2.06. The summed E-state index contributed by atoms with van der Waals surface area (Å²) in [5, 5.41) is 8.62. The molecular weight excluding hydrogens is 104 g/mol. The second-order valence-electron chi connectivity index (χ2n) is 1.85. The smallest absolute Gasteiger partial charge is 0.148 e. The molecule has 0 spiro atoms. The third-order valence-electron chi connectivity index (χ3n) is 1.01. The summed E-state index contributed by atoms with van der Waals surface area (Å²) < 4.78 is 0. The Morgan fingerprint density at radius 3 is 2.75 bits per heavy atom. The number of unbranched alkanes of at least 4 members (excludes halogenated alkanes) is 1. The van der Waals surface area contributed by atoms with Crippen LogP contribution in [0, 0.1) is 0 Å². The Balaban J connectivity index is 2.98. The summed E-state index contributed by atoms with van der Waals surface area (Å²) in [4.78, 5) is 9.76. The third-order valence-corrected chi connectivity index (χ3v) is 1.01. The maximum absolute atomic E-state index is 9.76. The molecule has 0 amide bonds. The summed E-state index contributed by atoms with van der Waals surface area (Å²) in [5.41, 5.74) is 0. The third kappa shape index (κ3) is 3.81. The average molecular weight is 116 g/mol. The first-order valence-electron chi connectivity index (χ1n) is 2.94. The number of carbonyl (C=O) groups excluding carboxylic acids is 1. The predicted molar refractivity (Wildman–Crippen MR) is 31.6 cm³/mol. The van der Waals surface area contributed by atoms with Crippen molar-refractivity contribution in [3.05, 3.63) is 0 Å². The van der Waals surface area contributed by atoms with E-state index in [1.807, 2.05) is 6.92 Å². The molecule has 2 nitrogen and oxygen atoms in total. The normalized spacial score (nSPS) is 13.2. The number of hydrogen-bond acceptors (Lipinski definition) is 2.